The Bertz CT molecular complexity index is 1010. The molecule has 0 saturated carbocycles. The maximum absolute atomic E-state index is 12.4. The highest BCUT2D eigenvalue weighted by atomic mass is 16.5. The smallest absolute Gasteiger partial charge is 0.407 e. The molecule has 9 nitrogen and oxygen atoms in total. The molecule has 9 heteroatoms. The zero-order valence-electron chi connectivity index (χ0n) is 18.6. The standard InChI is InChI=1S/C25H28N2O7/c28-21(24(30)31)9-11-26-23(29)22-15(10-12-33-22)13-27-25(32)34-14-20-18-7-3-1-5-16(18)17-6-2-4-8-19(17)20/h1-8,15,20-22,28H,9-14H2,(H,26,29)(H,27,32)(H,30,31)/t15-,21?,22-/m1/s1. The van der Waals surface area contributed by atoms with Crippen molar-refractivity contribution in [2.24, 2.45) is 5.92 Å². The van der Waals surface area contributed by atoms with Crippen molar-refractivity contribution in [3.05, 3.63) is 59.7 Å². The average Bonchev–Trinajstić information content (AvgIpc) is 3.44. The number of rotatable bonds is 9. The fourth-order valence-corrected chi connectivity index (χ4v) is 4.55. The topological polar surface area (TPSA) is 134 Å². The van der Waals surface area contributed by atoms with Gasteiger partial charge in [-0.2, -0.15) is 0 Å². The second-order valence-electron chi connectivity index (χ2n) is 8.48. The summed E-state index contributed by atoms with van der Waals surface area (Å²) in [7, 11) is 0. The Hall–Kier alpha value is -3.43. The summed E-state index contributed by atoms with van der Waals surface area (Å²) in [5.74, 6) is -2.00. The number of benzene rings is 2. The Morgan fingerprint density at radius 3 is 2.32 bits per heavy atom. The molecule has 0 bridgehead atoms. The maximum Gasteiger partial charge on any atom is 0.407 e. The lowest BCUT2D eigenvalue weighted by Gasteiger charge is -2.19. The first-order chi connectivity index (χ1) is 16.5. The van der Waals surface area contributed by atoms with Crippen LogP contribution in [0.15, 0.2) is 48.5 Å². The van der Waals surface area contributed by atoms with Gasteiger partial charge in [0, 0.05) is 38.0 Å². The van der Waals surface area contributed by atoms with E-state index in [4.69, 9.17) is 14.6 Å². The van der Waals surface area contributed by atoms with Crippen LogP contribution in [-0.4, -0.2) is 66.7 Å². The van der Waals surface area contributed by atoms with Crippen molar-refractivity contribution < 1.29 is 34.1 Å². The predicted octanol–water partition coefficient (Wildman–Crippen LogP) is 1.88. The van der Waals surface area contributed by atoms with Gasteiger partial charge in [0.25, 0.3) is 0 Å². The number of aliphatic hydroxyl groups is 1. The molecule has 2 aromatic rings. The van der Waals surface area contributed by atoms with Crippen molar-refractivity contribution in [3.63, 3.8) is 0 Å². The summed E-state index contributed by atoms with van der Waals surface area (Å²) >= 11 is 0. The summed E-state index contributed by atoms with van der Waals surface area (Å²) in [5.41, 5.74) is 4.57. The average molecular weight is 469 g/mol. The largest absolute Gasteiger partial charge is 0.479 e. The van der Waals surface area contributed by atoms with Crippen molar-refractivity contribution in [2.75, 3.05) is 26.3 Å². The molecule has 4 N–H and O–H groups in total. The van der Waals surface area contributed by atoms with E-state index in [9.17, 15) is 19.5 Å². The highest BCUT2D eigenvalue weighted by Crippen LogP contribution is 2.44. The molecule has 0 spiro atoms. The molecular weight excluding hydrogens is 440 g/mol. The van der Waals surface area contributed by atoms with Crippen LogP contribution in [0.2, 0.25) is 0 Å². The van der Waals surface area contributed by atoms with Crippen molar-refractivity contribution in [1.29, 1.82) is 0 Å². The minimum Gasteiger partial charge on any atom is -0.479 e. The van der Waals surface area contributed by atoms with E-state index in [1.807, 2.05) is 24.3 Å². The van der Waals surface area contributed by atoms with Crippen molar-refractivity contribution >= 4 is 18.0 Å². The van der Waals surface area contributed by atoms with Crippen LogP contribution < -0.4 is 10.6 Å². The number of hydrogen-bond donors (Lipinski definition) is 4. The van der Waals surface area contributed by atoms with Crippen LogP contribution in [0.25, 0.3) is 11.1 Å². The number of carbonyl (C=O) groups excluding carboxylic acids is 2. The minimum atomic E-state index is -1.53. The number of nitrogens with one attached hydrogen (secondary N) is 2. The third-order valence-corrected chi connectivity index (χ3v) is 6.33. The Labute approximate surface area is 197 Å². The van der Waals surface area contributed by atoms with Crippen LogP contribution in [0.5, 0.6) is 0 Å². The molecule has 0 radical (unpaired) electrons. The SMILES string of the molecule is O=C(NC[C@H]1CCO[C@H]1C(=O)NCCC(O)C(=O)O)OCC1c2ccccc2-c2ccccc21. The van der Waals surface area contributed by atoms with Gasteiger partial charge in [0.1, 0.15) is 12.7 Å². The van der Waals surface area contributed by atoms with Gasteiger partial charge in [-0.1, -0.05) is 48.5 Å². The lowest BCUT2D eigenvalue weighted by atomic mass is 9.98. The number of carbonyl (C=O) groups is 3. The highest BCUT2D eigenvalue weighted by Gasteiger charge is 2.35. The lowest BCUT2D eigenvalue weighted by molar-refractivity contribution is -0.147. The zero-order valence-corrected chi connectivity index (χ0v) is 18.6. The van der Waals surface area contributed by atoms with Crippen LogP contribution in [0, 0.1) is 5.92 Å². The second-order valence-corrected chi connectivity index (χ2v) is 8.48. The molecule has 1 aliphatic carbocycles. The molecule has 1 fully saturated rings. The number of ether oxygens (including phenoxy) is 2. The van der Waals surface area contributed by atoms with E-state index >= 15 is 0 Å². The van der Waals surface area contributed by atoms with E-state index in [-0.39, 0.29) is 38.0 Å². The predicted molar refractivity (Wildman–Crippen MR) is 122 cm³/mol. The Kier molecular flexibility index (Phi) is 7.44. The number of alkyl carbamates (subject to hydrolysis) is 1. The number of aliphatic hydroxyl groups excluding tert-OH is 1. The van der Waals surface area contributed by atoms with Gasteiger partial charge in [0.2, 0.25) is 5.91 Å². The van der Waals surface area contributed by atoms with Gasteiger partial charge in [-0.15, -0.1) is 0 Å². The molecule has 34 heavy (non-hydrogen) atoms. The molecule has 3 atom stereocenters. The van der Waals surface area contributed by atoms with E-state index in [2.05, 4.69) is 34.9 Å². The molecule has 180 valence electrons. The lowest BCUT2D eigenvalue weighted by Crippen LogP contribution is -2.43. The van der Waals surface area contributed by atoms with E-state index in [0.29, 0.717) is 13.0 Å². The third-order valence-electron chi connectivity index (χ3n) is 6.33. The van der Waals surface area contributed by atoms with Crippen molar-refractivity contribution in [3.8, 4) is 11.1 Å². The summed E-state index contributed by atoms with van der Waals surface area (Å²) in [4.78, 5) is 35.4. The van der Waals surface area contributed by atoms with Gasteiger partial charge in [-0.3, -0.25) is 4.79 Å². The summed E-state index contributed by atoms with van der Waals surface area (Å²) in [6.07, 6.45) is -2.35. The van der Waals surface area contributed by atoms with Gasteiger partial charge < -0.3 is 30.3 Å². The molecule has 1 saturated heterocycles. The molecule has 1 unspecified atom stereocenters. The number of amides is 2. The van der Waals surface area contributed by atoms with Crippen molar-refractivity contribution in [2.45, 2.75) is 31.0 Å². The van der Waals surface area contributed by atoms with Crippen LogP contribution >= 0.6 is 0 Å². The second kappa shape index (κ2) is 10.7. The molecule has 2 amide bonds. The zero-order chi connectivity index (χ0) is 24.1. The van der Waals surface area contributed by atoms with Gasteiger partial charge >= 0.3 is 12.1 Å². The van der Waals surface area contributed by atoms with E-state index in [1.165, 1.54) is 0 Å². The molecule has 2 aliphatic rings. The number of hydrogen-bond acceptors (Lipinski definition) is 6. The summed E-state index contributed by atoms with van der Waals surface area (Å²) in [6, 6.07) is 16.2. The number of aliphatic carboxylic acids is 1. The van der Waals surface area contributed by atoms with Gasteiger partial charge in [-0.25, -0.2) is 9.59 Å². The molecule has 1 aliphatic heterocycles. The van der Waals surface area contributed by atoms with Gasteiger partial charge in [-0.05, 0) is 28.7 Å². The minimum absolute atomic E-state index is 0.0126. The summed E-state index contributed by atoms with van der Waals surface area (Å²) in [5, 5.41) is 23.3. The normalized spacial score (nSPS) is 19.7. The van der Waals surface area contributed by atoms with E-state index in [0.717, 1.165) is 22.3 Å². The first-order valence-electron chi connectivity index (χ1n) is 11.3. The highest BCUT2D eigenvalue weighted by molar-refractivity contribution is 5.82. The molecule has 4 rings (SSSR count). The molecule has 2 aromatic carbocycles. The number of carboxylic acids is 1. The third kappa shape index (κ3) is 5.21. The number of carboxylic acid groups (broad SMARTS) is 1. The first kappa shape index (κ1) is 23.7. The van der Waals surface area contributed by atoms with Crippen molar-refractivity contribution in [1.82, 2.24) is 10.6 Å². The summed E-state index contributed by atoms with van der Waals surface area (Å²) < 4.78 is 11.0. The molecular formula is C25H28N2O7. The maximum atomic E-state index is 12.4. The quantitative estimate of drug-likeness (QED) is 0.441. The molecule has 0 aromatic heterocycles. The number of fused-ring (bicyclic) bond motifs is 3. The monoisotopic (exact) mass is 468 g/mol. The van der Waals surface area contributed by atoms with Crippen LogP contribution in [0.3, 0.4) is 0 Å². The fraction of sp³-hybridized carbons (Fsp3) is 0.400. The first-order valence-corrected chi connectivity index (χ1v) is 11.3. The van der Waals surface area contributed by atoms with E-state index < -0.39 is 30.2 Å². The van der Waals surface area contributed by atoms with Crippen LogP contribution in [-0.2, 0) is 19.1 Å². The molecule has 1 heterocycles. The Morgan fingerprint density at radius 1 is 1.03 bits per heavy atom. The van der Waals surface area contributed by atoms with Gasteiger partial charge in [0.15, 0.2) is 6.10 Å². The van der Waals surface area contributed by atoms with Gasteiger partial charge in [0.05, 0.1) is 0 Å². The summed E-state index contributed by atoms with van der Waals surface area (Å²) in [6.45, 7) is 0.814. The Morgan fingerprint density at radius 2 is 1.68 bits per heavy atom. The van der Waals surface area contributed by atoms with Crippen LogP contribution in [0.4, 0.5) is 4.79 Å². The van der Waals surface area contributed by atoms with E-state index in [1.54, 1.807) is 0 Å². The van der Waals surface area contributed by atoms with Crippen LogP contribution in [0.1, 0.15) is 29.9 Å². The fourth-order valence-electron chi connectivity index (χ4n) is 4.55. The Balaban J connectivity index is 1.26.